The molecule has 0 spiro atoms. The van der Waals surface area contributed by atoms with E-state index in [1.54, 1.807) is 0 Å². The molecule has 0 saturated heterocycles. The number of benzene rings is 1. The second-order valence-corrected chi connectivity index (χ2v) is 5.55. The first-order chi connectivity index (χ1) is 9.04. The van der Waals surface area contributed by atoms with Crippen molar-refractivity contribution in [2.24, 2.45) is 5.73 Å². The van der Waals surface area contributed by atoms with Gasteiger partial charge in [0.1, 0.15) is 0 Å². The molecule has 2 heteroatoms. The number of rotatable bonds is 6. The van der Waals surface area contributed by atoms with Crippen LogP contribution in [0.1, 0.15) is 45.1 Å². The Morgan fingerprint density at radius 2 is 1.89 bits per heavy atom. The third-order valence-corrected chi connectivity index (χ3v) is 3.68. The number of allylic oxidation sites excluding steroid dienone is 4. The van der Waals surface area contributed by atoms with Gasteiger partial charge in [-0.05, 0) is 38.3 Å². The molecule has 1 rings (SSSR count). The van der Waals surface area contributed by atoms with Crippen LogP contribution in [0.25, 0.3) is 0 Å². The first-order valence-corrected chi connectivity index (χ1v) is 7.24. The van der Waals surface area contributed by atoms with Crippen molar-refractivity contribution in [2.75, 3.05) is 0 Å². The maximum atomic E-state index is 6.13. The lowest BCUT2D eigenvalue weighted by Gasteiger charge is -2.21. The van der Waals surface area contributed by atoms with Crippen LogP contribution in [0, 0.1) is 0 Å². The molecular weight excluding hydrogens is 254 g/mol. The average Bonchev–Trinajstić information content (AvgIpc) is 2.42. The Balaban J connectivity index is 2.81. The zero-order chi connectivity index (χ0) is 14.3. The van der Waals surface area contributed by atoms with Crippen LogP contribution < -0.4 is 5.73 Å². The lowest BCUT2D eigenvalue weighted by molar-refractivity contribution is 0.563. The summed E-state index contributed by atoms with van der Waals surface area (Å²) in [5.41, 5.74) is 8.74. The van der Waals surface area contributed by atoms with Gasteiger partial charge in [0, 0.05) is 17.0 Å². The first-order valence-electron chi connectivity index (χ1n) is 6.87. The average molecular weight is 278 g/mol. The van der Waals surface area contributed by atoms with Gasteiger partial charge in [0.15, 0.2) is 0 Å². The van der Waals surface area contributed by atoms with Gasteiger partial charge in [0.05, 0.1) is 0 Å². The summed E-state index contributed by atoms with van der Waals surface area (Å²) in [6.45, 7) is 6.26. The molecule has 1 aromatic rings. The number of nitrogens with two attached hydrogens (primary N) is 1. The molecule has 2 unspecified atom stereocenters. The Morgan fingerprint density at radius 3 is 2.42 bits per heavy atom. The van der Waals surface area contributed by atoms with Crippen LogP contribution in [0.5, 0.6) is 0 Å². The lowest BCUT2D eigenvalue weighted by Crippen LogP contribution is -2.25. The molecular formula is C17H24ClN. The van der Waals surface area contributed by atoms with Crippen LogP contribution in [-0.4, -0.2) is 6.04 Å². The third kappa shape index (κ3) is 5.63. The SMILES string of the molecule is CC/C(Cl)=C\C=C(/C)CC(c1ccccc1)C(C)N. The highest BCUT2D eigenvalue weighted by Gasteiger charge is 2.16. The normalized spacial score (nSPS) is 16.3. The van der Waals surface area contributed by atoms with Crippen LogP contribution in [-0.2, 0) is 0 Å². The predicted octanol–water partition coefficient (Wildman–Crippen LogP) is 4.99. The van der Waals surface area contributed by atoms with E-state index >= 15 is 0 Å². The molecule has 0 fully saturated rings. The van der Waals surface area contributed by atoms with Gasteiger partial charge in [-0.15, -0.1) is 0 Å². The van der Waals surface area contributed by atoms with E-state index in [2.05, 4.69) is 51.1 Å². The minimum absolute atomic E-state index is 0.136. The van der Waals surface area contributed by atoms with E-state index in [-0.39, 0.29) is 6.04 Å². The molecule has 0 bridgehead atoms. The van der Waals surface area contributed by atoms with E-state index in [9.17, 15) is 0 Å². The summed E-state index contributed by atoms with van der Waals surface area (Å²) in [5, 5.41) is 0.886. The summed E-state index contributed by atoms with van der Waals surface area (Å²) in [5.74, 6) is 0.353. The Labute approximate surface area is 122 Å². The van der Waals surface area contributed by atoms with Gasteiger partial charge in [-0.3, -0.25) is 0 Å². The monoisotopic (exact) mass is 277 g/mol. The van der Waals surface area contributed by atoms with Crippen LogP contribution in [0.4, 0.5) is 0 Å². The maximum Gasteiger partial charge on any atom is 0.0178 e. The second kappa shape index (κ2) is 8.19. The van der Waals surface area contributed by atoms with Gasteiger partial charge >= 0.3 is 0 Å². The predicted molar refractivity (Wildman–Crippen MR) is 85.4 cm³/mol. The summed E-state index contributed by atoms with van der Waals surface area (Å²) in [7, 11) is 0. The van der Waals surface area contributed by atoms with E-state index in [0.29, 0.717) is 5.92 Å². The molecule has 0 saturated carbocycles. The molecule has 2 N–H and O–H groups in total. The van der Waals surface area contributed by atoms with Crippen LogP contribution in [0.2, 0.25) is 0 Å². The Hall–Kier alpha value is -1.05. The van der Waals surface area contributed by atoms with Gasteiger partial charge in [0.25, 0.3) is 0 Å². The lowest BCUT2D eigenvalue weighted by atomic mass is 9.87. The van der Waals surface area contributed by atoms with Gasteiger partial charge in [-0.25, -0.2) is 0 Å². The molecule has 0 heterocycles. The molecule has 0 radical (unpaired) electrons. The van der Waals surface area contributed by atoms with Crippen molar-refractivity contribution in [1.82, 2.24) is 0 Å². The Morgan fingerprint density at radius 1 is 1.26 bits per heavy atom. The number of hydrogen-bond acceptors (Lipinski definition) is 1. The van der Waals surface area contributed by atoms with E-state index in [1.807, 2.05) is 12.1 Å². The highest BCUT2D eigenvalue weighted by molar-refractivity contribution is 6.29. The zero-order valence-corrected chi connectivity index (χ0v) is 12.8. The van der Waals surface area contributed by atoms with E-state index in [1.165, 1.54) is 11.1 Å². The third-order valence-electron chi connectivity index (χ3n) is 3.29. The van der Waals surface area contributed by atoms with Gasteiger partial charge in [0.2, 0.25) is 0 Å². The summed E-state index contributed by atoms with van der Waals surface area (Å²) >= 11 is 6.02. The highest BCUT2D eigenvalue weighted by Crippen LogP contribution is 2.26. The Kier molecular flexibility index (Phi) is 6.90. The molecule has 0 amide bonds. The minimum atomic E-state index is 0.136. The molecule has 0 aliphatic heterocycles. The van der Waals surface area contributed by atoms with Crippen molar-refractivity contribution in [3.8, 4) is 0 Å². The van der Waals surface area contributed by atoms with Gasteiger partial charge < -0.3 is 5.73 Å². The molecule has 1 nitrogen and oxygen atoms in total. The van der Waals surface area contributed by atoms with E-state index in [0.717, 1.165) is 17.9 Å². The largest absolute Gasteiger partial charge is 0.327 e. The highest BCUT2D eigenvalue weighted by atomic mass is 35.5. The number of hydrogen-bond donors (Lipinski definition) is 1. The summed E-state index contributed by atoms with van der Waals surface area (Å²) < 4.78 is 0. The fourth-order valence-electron chi connectivity index (χ4n) is 2.07. The van der Waals surface area contributed by atoms with Crippen molar-refractivity contribution < 1.29 is 0 Å². The fourth-order valence-corrected chi connectivity index (χ4v) is 2.14. The molecule has 0 aliphatic rings. The Bertz CT molecular complexity index is 432. The second-order valence-electron chi connectivity index (χ2n) is 5.06. The van der Waals surface area contributed by atoms with E-state index < -0.39 is 0 Å². The standard InChI is InChI=1S/C17H24ClN/c1-4-16(18)11-10-13(2)12-17(14(3)19)15-8-6-5-7-9-15/h5-11,14,17H,4,12,19H2,1-3H3/b13-10+,16-11+. The summed E-state index contributed by atoms with van der Waals surface area (Å²) in [4.78, 5) is 0. The van der Waals surface area contributed by atoms with Crippen molar-refractivity contribution in [2.45, 2.75) is 45.6 Å². The molecule has 0 aromatic heterocycles. The fraction of sp³-hybridized carbons (Fsp3) is 0.412. The first kappa shape index (κ1) is 16.0. The molecule has 19 heavy (non-hydrogen) atoms. The summed E-state index contributed by atoms with van der Waals surface area (Å²) in [6, 6.07) is 10.6. The smallest absolute Gasteiger partial charge is 0.0178 e. The van der Waals surface area contributed by atoms with Crippen molar-refractivity contribution in [1.29, 1.82) is 0 Å². The topological polar surface area (TPSA) is 26.0 Å². The van der Waals surface area contributed by atoms with Crippen LogP contribution in [0.15, 0.2) is 53.1 Å². The van der Waals surface area contributed by atoms with Gasteiger partial charge in [-0.2, -0.15) is 0 Å². The zero-order valence-electron chi connectivity index (χ0n) is 12.1. The molecule has 2 atom stereocenters. The van der Waals surface area contributed by atoms with Crippen LogP contribution >= 0.6 is 11.6 Å². The summed E-state index contributed by atoms with van der Waals surface area (Å²) in [6.07, 6.45) is 5.93. The van der Waals surface area contributed by atoms with Crippen LogP contribution in [0.3, 0.4) is 0 Å². The molecule has 1 aromatic carbocycles. The molecule has 104 valence electrons. The van der Waals surface area contributed by atoms with Crippen molar-refractivity contribution in [3.63, 3.8) is 0 Å². The minimum Gasteiger partial charge on any atom is -0.327 e. The van der Waals surface area contributed by atoms with E-state index in [4.69, 9.17) is 17.3 Å². The molecule has 0 aliphatic carbocycles. The quantitative estimate of drug-likeness (QED) is 0.729. The van der Waals surface area contributed by atoms with Crippen molar-refractivity contribution >= 4 is 11.6 Å². The number of halogens is 1. The van der Waals surface area contributed by atoms with Gasteiger partial charge in [-0.1, -0.05) is 60.5 Å². The van der Waals surface area contributed by atoms with Crippen molar-refractivity contribution in [3.05, 3.63) is 58.7 Å². The maximum absolute atomic E-state index is 6.13.